The molecule has 2 heterocycles. The summed E-state index contributed by atoms with van der Waals surface area (Å²) in [4.78, 5) is 15.1. The van der Waals surface area contributed by atoms with Crippen molar-refractivity contribution in [1.82, 2.24) is 9.47 Å². The number of hydrogen-bond acceptors (Lipinski definition) is 3. The third-order valence-corrected chi connectivity index (χ3v) is 6.33. The minimum absolute atomic E-state index is 0.131. The number of nitrogens with zero attached hydrogens (tertiary/aromatic N) is 2. The Hall–Kier alpha value is -3.10. The number of hydrogen-bond donors (Lipinski definition) is 1. The van der Waals surface area contributed by atoms with Crippen molar-refractivity contribution < 1.29 is 22.7 Å². The second-order valence-corrected chi connectivity index (χ2v) is 8.51. The van der Waals surface area contributed by atoms with Gasteiger partial charge in [-0.1, -0.05) is 30.3 Å². The summed E-state index contributed by atoms with van der Waals surface area (Å²) in [5, 5.41) is 0.867. The van der Waals surface area contributed by atoms with Gasteiger partial charge < -0.3 is 19.9 Å². The minimum Gasteiger partial charge on any atom is -0.383 e. The molecule has 1 aromatic heterocycles. The van der Waals surface area contributed by atoms with Gasteiger partial charge in [0.2, 0.25) is 0 Å². The molecule has 3 aromatic rings. The Bertz CT molecular complexity index is 1240. The molecule has 0 spiro atoms. The van der Waals surface area contributed by atoms with Crippen molar-refractivity contribution in [3.63, 3.8) is 0 Å². The van der Waals surface area contributed by atoms with Crippen LogP contribution < -0.4 is 5.73 Å². The zero-order valence-electron chi connectivity index (χ0n) is 19.3. The number of amides is 1. The Kier molecular flexibility index (Phi) is 6.81. The predicted octanol–water partition coefficient (Wildman–Crippen LogP) is 5.00. The van der Waals surface area contributed by atoms with Gasteiger partial charge in [-0.25, -0.2) is 0 Å². The number of methoxy groups -OCH3 is 1. The van der Waals surface area contributed by atoms with Gasteiger partial charge in [-0.05, 0) is 47.7 Å². The quantitative estimate of drug-likeness (QED) is 0.550. The van der Waals surface area contributed by atoms with E-state index in [2.05, 4.69) is 0 Å². The highest BCUT2D eigenvalue weighted by Gasteiger charge is 2.35. The number of aryl methyl sites for hydroxylation is 1. The Labute approximate surface area is 196 Å². The van der Waals surface area contributed by atoms with Gasteiger partial charge in [0, 0.05) is 44.9 Å². The number of nitrogens with two attached hydrogens (primary N) is 1. The van der Waals surface area contributed by atoms with E-state index in [0.717, 1.165) is 22.5 Å². The first-order valence-electron chi connectivity index (χ1n) is 11.2. The zero-order valence-corrected chi connectivity index (χ0v) is 19.3. The number of fused-ring (bicyclic) bond motifs is 1. The molecule has 2 aromatic carbocycles. The minimum atomic E-state index is -4.46. The Morgan fingerprint density at radius 2 is 2.00 bits per heavy atom. The maximum absolute atomic E-state index is 13.6. The molecule has 0 bridgehead atoms. The number of aromatic nitrogens is 1. The molecule has 5 nitrogen and oxygen atoms in total. The average Bonchev–Trinajstić information content (AvgIpc) is 3.21. The highest BCUT2D eigenvalue weighted by atomic mass is 19.4. The molecule has 0 unspecified atom stereocenters. The Balaban J connectivity index is 1.63. The van der Waals surface area contributed by atoms with Crippen LogP contribution in [0.1, 0.15) is 39.0 Å². The maximum Gasteiger partial charge on any atom is 0.416 e. The summed E-state index contributed by atoms with van der Waals surface area (Å²) < 4.78 is 48.0. The van der Waals surface area contributed by atoms with Gasteiger partial charge in [0.05, 0.1) is 23.3 Å². The monoisotopic (exact) mass is 471 g/mol. The van der Waals surface area contributed by atoms with Gasteiger partial charge in [0.25, 0.3) is 5.91 Å². The van der Waals surface area contributed by atoms with Crippen molar-refractivity contribution in [2.24, 2.45) is 5.73 Å². The summed E-state index contributed by atoms with van der Waals surface area (Å²) >= 11 is 0. The summed E-state index contributed by atoms with van der Waals surface area (Å²) in [6.45, 7) is 3.89. The van der Waals surface area contributed by atoms with E-state index in [4.69, 9.17) is 10.5 Å². The molecular weight excluding hydrogens is 443 g/mol. The van der Waals surface area contributed by atoms with Gasteiger partial charge in [-0.15, -0.1) is 0 Å². The highest BCUT2D eigenvalue weighted by Crippen LogP contribution is 2.37. The van der Waals surface area contributed by atoms with Crippen LogP contribution in [0.2, 0.25) is 0 Å². The molecule has 0 radical (unpaired) electrons. The lowest BCUT2D eigenvalue weighted by molar-refractivity contribution is -0.137. The number of para-hydroxylation sites is 1. The molecule has 8 heteroatoms. The Morgan fingerprint density at radius 1 is 1.21 bits per heavy atom. The number of carbonyl (C=O) groups is 1. The first-order valence-corrected chi connectivity index (χ1v) is 11.2. The van der Waals surface area contributed by atoms with E-state index in [-0.39, 0.29) is 24.6 Å². The van der Waals surface area contributed by atoms with E-state index in [9.17, 15) is 18.0 Å². The van der Waals surface area contributed by atoms with E-state index < -0.39 is 11.7 Å². The van der Waals surface area contributed by atoms with E-state index in [1.807, 2.05) is 35.9 Å². The normalized spacial score (nSPS) is 14.5. The van der Waals surface area contributed by atoms with Gasteiger partial charge in [0.1, 0.15) is 0 Å². The zero-order chi connectivity index (χ0) is 24.5. The molecule has 0 saturated carbocycles. The van der Waals surface area contributed by atoms with Crippen molar-refractivity contribution in [2.45, 2.75) is 32.6 Å². The summed E-state index contributed by atoms with van der Waals surface area (Å²) in [5.74, 6) is -0.131. The van der Waals surface area contributed by atoms with Crippen LogP contribution in [0.5, 0.6) is 0 Å². The molecule has 0 saturated heterocycles. The van der Waals surface area contributed by atoms with Crippen LogP contribution in [-0.4, -0.2) is 42.2 Å². The fourth-order valence-corrected chi connectivity index (χ4v) is 4.58. The van der Waals surface area contributed by atoms with Gasteiger partial charge in [0.15, 0.2) is 0 Å². The molecule has 0 aliphatic carbocycles. The summed E-state index contributed by atoms with van der Waals surface area (Å²) in [5.41, 5.74) is 9.00. The molecule has 34 heavy (non-hydrogen) atoms. The smallest absolute Gasteiger partial charge is 0.383 e. The SMILES string of the molecule is COCCn1cc(C(=O)N2CC=C(c3cc(CN)ccc3C(F)(F)F)CC2)c2cccc(C)c21. The molecular formula is C26H28F3N3O2. The van der Waals surface area contributed by atoms with Crippen molar-refractivity contribution >= 4 is 22.4 Å². The molecule has 0 atom stereocenters. The lowest BCUT2D eigenvalue weighted by Crippen LogP contribution is -2.34. The van der Waals surface area contributed by atoms with E-state index >= 15 is 0 Å². The third-order valence-electron chi connectivity index (χ3n) is 6.33. The first kappa shape index (κ1) is 24.0. The summed E-state index contributed by atoms with van der Waals surface area (Å²) in [6.07, 6.45) is -0.547. The lowest BCUT2D eigenvalue weighted by atomic mass is 9.92. The molecule has 180 valence electrons. The fourth-order valence-electron chi connectivity index (χ4n) is 4.58. The van der Waals surface area contributed by atoms with Crippen molar-refractivity contribution in [3.8, 4) is 0 Å². The van der Waals surface area contributed by atoms with Crippen molar-refractivity contribution in [2.75, 3.05) is 26.8 Å². The standard InChI is InChI=1S/C26H28F3N3O2/c1-17-4-3-5-20-22(16-32(24(17)20)12-13-34-2)25(33)31-10-8-19(9-11-31)21-14-18(15-30)6-7-23(21)26(27,28)29/h3-8,14,16H,9-13,15,30H2,1-2H3. The molecule has 4 rings (SSSR count). The number of alkyl halides is 3. The second-order valence-electron chi connectivity index (χ2n) is 8.51. The van der Waals surface area contributed by atoms with E-state index in [1.54, 1.807) is 18.1 Å². The molecule has 1 aliphatic heterocycles. The average molecular weight is 472 g/mol. The van der Waals surface area contributed by atoms with Crippen LogP contribution in [0.25, 0.3) is 16.5 Å². The van der Waals surface area contributed by atoms with Crippen LogP contribution in [0.15, 0.2) is 48.7 Å². The second kappa shape index (κ2) is 9.64. The van der Waals surface area contributed by atoms with Crippen LogP contribution in [-0.2, 0) is 24.0 Å². The summed E-state index contributed by atoms with van der Waals surface area (Å²) in [7, 11) is 1.63. The van der Waals surface area contributed by atoms with Gasteiger partial charge in [-0.3, -0.25) is 4.79 Å². The lowest BCUT2D eigenvalue weighted by Gasteiger charge is -2.28. The van der Waals surface area contributed by atoms with Crippen molar-refractivity contribution in [3.05, 3.63) is 76.5 Å². The van der Waals surface area contributed by atoms with Crippen molar-refractivity contribution in [1.29, 1.82) is 0 Å². The molecule has 1 aliphatic rings. The first-order chi connectivity index (χ1) is 16.2. The third kappa shape index (κ3) is 4.60. The number of benzene rings is 2. The molecule has 2 N–H and O–H groups in total. The van der Waals surface area contributed by atoms with Gasteiger partial charge in [-0.2, -0.15) is 13.2 Å². The largest absolute Gasteiger partial charge is 0.416 e. The number of rotatable bonds is 6. The number of halogens is 3. The van der Waals surface area contributed by atoms with Crippen LogP contribution in [0.3, 0.4) is 0 Å². The summed E-state index contributed by atoms with van der Waals surface area (Å²) in [6, 6.07) is 9.87. The van der Waals surface area contributed by atoms with Crippen LogP contribution >= 0.6 is 0 Å². The number of carbonyl (C=O) groups excluding carboxylic acids is 1. The highest BCUT2D eigenvalue weighted by molar-refractivity contribution is 6.07. The maximum atomic E-state index is 13.6. The van der Waals surface area contributed by atoms with E-state index in [1.165, 1.54) is 12.1 Å². The number of ether oxygens (including phenoxy) is 1. The fraction of sp³-hybridized carbons (Fsp3) is 0.346. The Morgan fingerprint density at radius 3 is 2.65 bits per heavy atom. The predicted molar refractivity (Wildman–Crippen MR) is 126 cm³/mol. The topological polar surface area (TPSA) is 60.5 Å². The van der Waals surface area contributed by atoms with Crippen LogP contribution in [0.4, 0.5) is 13.2 Å². The van der Waals surface area contributed by atoms with E-state index in [0.29, 0.717) is 42.8 Å². The molecule has 0 fully saturated rings. The van der Waals surface area contributed by atoms with Crippen LogP contribution in [0, 0.1) is 6.92 Å². The molecule has 1 amide bonds. The van der Waals surface area contributed by atoms with Gasteiger partial charge >= 0.3 is 6.18 Å².